The summed E-state index contributed by atoms with van der Waals surface area (Å²) in [7, 11) is 3.41. The van der Waals surface area contributed by atoms with Crippen LogP contribution >= 0.6 is 0 Å². The number of likely N-dealkylation sites (N-methyl/N-ethyl adjacent to an activating group) is 1. The van der Waals surface area contributed by atoms with E-state index < -0.39 is 0 Å². The summed E-state index contributed by atoms with van der Waals surface area (Å²) in [5.74, 6) is 0.865. The highest BCUT2D eigenvalue weighted by Crippen LogP contribution is 2.22. The Hall–Kier alpha value is -2.12. The van der Waals surface area contributed by atoms with Crippen LogP contribution in [0.15, 0.2) is 18.2 Å². The molecule has 154 valence electrons. The molecule has 1 aliphatic carbocycles. The van der Waals surface area contributed by atoms with Crippen LogP contribution in [0.2, 0.25) is 0 Å². The van der Waals surface area contributed by atoms with Gasteiger partial charge < -0.3 is 15.0 Å². The highest BCUT2D eigenvalue weighted by Gasteiger charge is 2.25. The lowest BCUT2D eigenvalue weighted by atomic mass is 10.1. The van der Waals surface area contributed by atoms with Gasteiger partial charge in [-0.25, -0.2) is 0 Å². The van der Waals surface area contributed by atoms with Gasteiger partial charge in [0.15, 0.2) is 0 Å². The van der Waals surface area contributed by atoms with Crippen molar-refractivity contribution in [2.24, 2.45) is 0 Å². The second-order valence-corrected chi connectivity index (χ2v) is 7.96. The van der Waals surface area contributed by atoms with Crippen LogP contribution in [0.4, 0.5) is 0 Å². The molecule has 0 unspecified atom stereocenters. The fourth-order valence-electron chi connectivity index (χ4n) is 3.49. The van der Waals surface area contributed by atoms with Crippen molar-refractivity contribution < 1.29 is 14.3 Å². The zero-order valence-corrected chi connectivity index (χ0v) is 17.2. The van der Waals surface area contributed by atoms with Gasteiger partial charge in [-0.2, -0.15) is 0 Å². The third kappa shape index (κ3) is 5.94. The van der Waals surface area contributed by atoms with Gasteiger partial charge in [-0.3, -0.25) is 19.4 Å². The van der Waals surface area contributed by atoms with Crippen LogP contribution in [-0.4, -0.2) is 86.0 Å². The molecule has 1 saturated heterocycles. The Labute approximate surface area is 167 Å². The minimum absolute atomic E-state index is 0.000231. The van der Waals surface area contributed by atoms with Crippen LogP contribution in [0.5, 0.6) is 5.75 Å². The van der Waals surface area contributed by atoms with Crippen LogP contribution in [0.3, 0.4) is 0 Å². The molecule has 7 nitrogen and oxygen atoms in total. The molecule has 1 aromatic carbocycles. The summed E-state index contributed by atoms with van der Waals surface area (Å²) < 4.78 is 5.48. The molecule has 2 fully saturated rings. The number of aryl methyl sites for hydroxylation is 1. The standard InChI is InChI=1S/C21H32N4O3/c1-16-4-7-19(28-3)17(12-16)13-24-8-10-25(11-9-24)15-21(27)23(2)14-20(26)22-18-5-6-18/h4,7,12,18H,5-6,8-11,13-15H2,1-3H3,(H,22,26). The van der Waals surface area contributed by atoms with E-state index in [9.17, 15) is 9.59 Å². The van der Waals surface area contributed by atoms with E-state index in [4.69, 9.17) is 4.74 Å². The number of carbonyl (C=O) groups is 2. The second kappa shape index (κ2) is 9.39. The lowest BCUT2D eigenvalue weighted by Gasteiger charge is -2.35. The van der Waals surface area contributed by atoms with E-state index in [2.05, 4.69) is 34.2 Å². The predicted octanol–water partition coefficient (Wildman–Crippen LogP) is 0.858. The molecule has 1 aliphatic heterocycles. The van der Waals surface area contributed by atoms with Crippen molar-refractivity contribution >= 4 is 11.8 Å². The molecule has 0 radical (unpaired) electrons. The number of amides is 2. The first-order chi connectivity index (χ1) is 13.4. The van der Waals surface area contributed by atoms with Crippen LogP contribution in [-0.2, 0) is 16.1 Å². The summed E-state index contributed by atoms with van der Waals surface area (Å²) in [6.07, 6.45) is 2.12. The second-order valence-electron chi connectivity index (χ2n) is 7.96. The quantitative estimate of drug-likeness (QED) is 0.716. The van der Waals surface area contributed by atoms with Gasteiger partial charge in [0.2, 0.25) is 11.8 Å². The van der Waals surface area contributed by atoms with Gasteiger partial charge in [0, 0.05) is 51.4 Å². The summed E-state index contributed by atoms with van der Waals surface area (Å²) in [6, 6.07) is 6.59. The minimum atomic E-state index is -0.0599. The number of rotatable bonds is 8. The molecular weight excluding hydrogens is 356 g/mol. The maximum Gasteiger partial charge on any atom is 0.239 e. The smallest absolute Gasteiger partial charge is 0.239 e. The zero-order valence-electron chi connectivity index (χ0n) is 17.2. The molecule has 28 heavy (non-hydrogen) atoms. The number of methoxy groups -OCH3 is 1. The monoisotopic (exact) mass is 388 g/mol. The molecule has 1 N–H and O–H groups in total. The van der Waals surface area contributed by atoms with Gasteiger partial charge >= 0.3 is 0 Å². The lowest BCUT2D eigenvalue weighted by Crippen LogP contribution is -2.50. The van der Waals surface area contributed by atoms with Crippen molar-refractivity contribution in [3.8, 4) is 5.75 Å². The molecule has 0 aromatic heterocycles. The first-order valence-electron chi connectivity index (χ1n) is 10.1. The molecule has 0 spiro atoms. The van der Waals surface area contributed by atoms with Gasteiger partial charge in [-0.05, 0) is 25.8 Å². The SMILES string of the molecule is COc1ccc(C)cc1CN1CCN(CC(=O)N(C)CC(=O)NC2CC2)CC1. The van der Waals surface area contributed by atoms with Crippen LogP contribution < -0.4 is 10.1 Å². The maximum atomic E-state index is 12.4. The summed E-state index contributed by atoms with van der Waals surface area (Å²) in [5, 5.41) is 2.92. The van der Waals surface area contributed by atoms with Crippen LogP contribution in [0.25, 0.3) is 0 Å². The molecule has 2 aliphatic rings. The topological polar surface area (TPSA) is 65.1 Å². The van der Waals surface area contributed by atoms with E-state index in [-0.39, 0.29) is 18.4 Å². The maximum absolute atomic E-state index is 12.4. The third-order valence-corrected chi connectivity index (χ3v) is 5.40. The highest BCUT2D eigenvalue weighted by atomic mass is 16.5. The lowest BCUT2D eigenvalue weighted by molar-refractivity contribution is -0.136. The number of benzene rings is 1. The molecule has 3 rings (SSSR count). The molecule has 0 bridgehead atoms. The number of carbonyl (C=O) groups excluding carboxylic acids is 2. The average Bonchev–Trinajstić information content (AvgIpc) is 3.47. The summed E-state index contributed by atoms with van der Waals surface area (Å²) >= 11 is 0. The van der Waals surface area contributed by atoms with Crippen molar-refractivity contribution in [3.63, 3.8) is 0 Å². The van der Waals surface area contributed by atoms with Crippen molar-refractivity contribution in [2.75, 3.05) is 53.4 Å². The van der Waals surface area contributed by atoms with Crippen molar-refractivity contribution in [2.45, 2.75) is 32.4 Å². The van der Waals surface area contributed by atoms with Crippen molar-refractivity contribution in [1.29, 1.82) is 0 Å². The summed E-state index contributed by atoms with van der Waals surface area (Å²) in [4.78, 5) is 30.4. The van der Waals surface area contributed by atoms with Gasteiger partial charge in [-0.1, -0.05) is 17.7 Å². The van der Waals surface area contributed by atoms with Gasteiger partial charge in [0.1, 0.15) is 5.75 Å². The van der Waals surface area contributed by atoms with E-state index >= 15 is 0 Å². The Balaban J connectivity index is 1.41. The number of piperazine rings is 1. The normalized spacial score (nSPS) is 18.0. The minimum Gasteiger partial charge on any atom is -0.496 e. The molecule has 2 amide bonds. The number of nitrogens with one attached hydrogen (secondary N) is 1. The van der Waals surface area contributed by atoms with Gasteiger partial charge in [0.25, 0.3) is 0 Å². The summed E-state index contributed by atoms with van der Waals surface area (Å²) in [5.41, 5.74) is 2.43. The highest BCUT2D eigenvalue weighted by molar-refractivity contribution is 5.85. The van der Waals surface area contributed by atoms with E-state index in [0.717, 1.165) is 51.3 Å². The first kappa shape index (κ1) is 20.6. The number of hydrogen-bond acceptors (Lipinski definition) is 5. The fourth-order valence-corrected chi connectivity index (χ4v) is 3.49. The van der Waals surface area contributed by atoms with E-state index in [1.807, 2.05) is 6.07 Å². The Morgan fingerprint density at radius 1 is 1.18 bits per heavy atom. The molecule has 1 heterocycles. The largest absolute Gasteiger partial charge is 0.496 e. The Morgan fingerprint density at radius 2 is 1.86 bits per heavy atom. The molecule has 0 atom stereocenters. The number of nitrogens with zero attached hydrogens (tertiary/aromatic N) is 3. The first-order valence-corrected chi connectivity index (χ1v) is 10.1. The number of ether oxygens (including phenoxy) is 1. The number of hydrogen-bond donors (Lipinski definition) is 1. The van der Waals surface area contributed by atoms with E-state index in [0.29, 0.717) is 12.6 Å². The van der Waals surface area contributed by atoms with E-state index in [1.165, 1.54) is 16.0 Å². The van der Waals surface area contributed by atoms with Crippen molar-refractivity contribution in [1.82, 2.24) is 20.0 Å². The fraction of sp³-hybridized carbons (Fsp3) is 0.619. The van der Waals surface area contributed by atoms with Crippen LogP contribution in [0, 0.1) is 6.92 Å². The van der Waals surface area contributed by atoms with E-state index in [1.54, 1.807) is 14.2 Å². The molecule has 1 aromatic rings. The Kier molecular flexibility index (Phi) is 6.91. The van der Waals surface area contributed by atoms with Gasteiger partial charge in [-0.15, -0.1) is 0 Å². The van der Waals surface area contributed by atoms with Gasteiger partial charge in [0.05, 0.1) is 20.2 Å². The summed E-state index contributed by atoms with van der Waals surface area (Å²) in [6.45, 7) is 6.98. The Bertz CT molecular complexity index is 697. The molecular formula is C21H32N4O3. The average molecular weight is 389 g/mol. The molecule has 1 saturated carbocycles. The third-order valence-electron chi connectivity index (χ3n) is 5.40. The van der Waals surface area contributed by atoms with Crippen molar-refractivity contribution in [3.05, 3.63) is 29.3 Å². The van der Waals surface area contributed by atoms with Crippen LogP contribution in [0.1, 0.15) is 24.0 Å². The molecule has 7 heteroatoms. The Morgan fingerprint density at radius 3 is 2.50 bits per heavy atom. The predicted molar refractivity (Wildman–Crippen MR) is 108 cm³/mol. The zero-order chi connectivity index (χ0) is 20.1.